The molecule has 1 aromatic heterocycles. The molecule has 4 rings (SSSR count). The van der Waals surface area contributed by atoms with Crippen LogP contribution in [0, 0.1) is 6.92 Å². The van der Waals surface area contributed by atoms with E-state index < -0.39 is 16.1 Å². The lowest BCUT2D eigenvalue weighted by Crippen LogP contribution is -2.54. The molecule has 0 spiro atoms. The summed E-state index contributed by atoms with van der Waals surface area (Å²) in [5, 5.41) is 0. The van der Waals surface area contributed by atoms with E-state index in [1.54, 1.807) is 35.4 Å². The van der Waals surface area contributed by atoms with Crippen molar-refractivity contribution >= 4 is 21.7 Å². The van der Waals surface area contributed by atoms with E-state index in [9.17, 15) is 13.2 Å². The summed E-state index contributed by atoms with van der Waals surface area (Å²) in [5.41, 5.74) is 1.00. The number of carbonyl (C=O) groups excluding carboxylic acids is 1. The number of amides is 1. The van der Waals surface area contributed by atoms with Gasteiger partial charge in [-0.1, -0.05) is 23.8 Å². The largest absolute Gasteiger partial charge is 0.353 e. The van der Waals surface area contributed by atoms with Crippen LogP contribution in [-0.2, 0) is 14.8 Å². The predicted octanol–water partition coefficient (Wildman–Crippen LogP) is 1.89. The second kappa shape index (κ2) is 8.12. The van der Waals surface area contributed by atoms with Crippen molar-refractivity contribution in [3.63, 3.8) is 0 Å². The molecule has 8 heteroatoms. The first-order valence-electron chi connectivity index (χ1n) is 10.00. The van der Waals surface area contributed by atoms with Gasteiger partial charge in [-0.15, -0.1) is 0 Å². The van der Waals surface area contributed by atoms with Gasteiger partial charge in [-0.2, -0.15) is 4.31 Å². The molecule has 0 saturated carbocycles. The van der Waals surface area contributed by atoms with Crippen LogP contribution >= 0.6 is 0 Å². The summed E-state index contributed by atoms with van der Waals surface area (Å²) in [6, 6.07) is 12.0. The van der Waals surface area contributed by atoms with Gasteiger partial charge in [0.25, 0.3) is 0 Å². The number of piperazine rings is 1. The molecule has 0 unspecified atom stereocenters. The molecule has 0 bridgehead atoms. The van der Waals surface area contributed by atoms with Gasteiger partial charge < -0.3 is 9.80 Å². The minimum Gasteiger partial charge on any atom is -0.353 e. The van der Waals surface area contributed by atoms with Crippen molar-refractivity contribution in [1.82, 2.24) is 14.2 Å². The lowest BCUT2D eigenvalue weighted by atomic mass is 10.2. The quantitative estimate of drug-likeness (QED) is 0.764. The molecule has 0 N–H and O–H groups in total. The first kappa shape index (κ1) is 19.8. The summed E-state index contributed by atoms with van der Waals surface area (Å²) in [5.74, 6) is 0.822. The van der Waals surface area contributed by atoms with E-state index >= 15 is 0 Å². The molecule has 29 heavy (non-hydrogen) atoms. The first-order valence-corrected chi connectivity index (χ1v) is 11.4. The number of aryl methyl sites for hydroxylation is 1. The van der Waals surface area contributed by atoms with E-state index in [0.29, 0.717) is 45.6 Å². The standard InChI is InChI=1S/C21H26N4O3S/c1-17-7-9-18(10-8-17)29(27,28)25-12-4-5-19(25)21(26)24-15-13-23(14-16-24)20-6-2-3-11-22-20/h2-3,6-11,19H,4-5,12-16H2,1H3/t19-/m0/s1. The maximum atomic E-state index is 13.2. The Bertz CT molecular complexity index is 955. The molecule has 3 heterocycles. The van der Waals surface area contributed by atoms with Crippen LogP contribution in [0.4, 0.5) is 5.82 Å². The highest BCUT2D eigenvalue weighted by atomic mass is 32.2. The summed E-state index contributed by atoms with van der Waals surface area (Å²) >= 11 is 0. The van der Waals surface area contributed by atoms with Crippen molar-refractivity contribution in [2.24, 2.45) is 0 Å². The Labute approximate surface area is 172 Å². The zero-order chi connectivity index (χ0) is 20.4. The average Bonchev–Trinajstić information content (AvgIpc) is 3.25. The van der Waals surface area contributed by atoms with Crippen molar-refractivity contribution in [3.05, 3.63) is 54.2 Å². The summed E-state index contributed by atoms with van der Waals surface area (Å²) in [7, 11) is -3.68. The number of pyridine rings is 1. The first-order chi connectivity index (χ1) is 14.0. The molecule has 2 aliphatic rings. The summed E-state index contributed by atoms with van der Waals surface area (Å²) in [6.45, 7) is 4.85. The Hall–Kier alpha value is -2.45. The lowest BCUT2D eigenvalue weighted by Gasteiger charge is -2.37. The number of rotatable bonds is 4. The van der Waals surface area contributed by atoms with Gasteiger partial charge in [0.05, 0.1) is 4.90 Å². The number of sulfonamides is 1. The second-order valence-electron chi connectivity index (χ2n) is 7.59. The maximum Gasteiger partial charge on any atom is 0.243 e. The molecular weight excluding hydrogens is 388 g/mol. The van der Waals surface area contributed by atoms with Crippen molar-refractivity contribution in [1.29, 1.82) is 0 Å². The number of hydrogen-bond donors (Lipinski definition) is 0. The van der Waals surface area contributed by atoms with Crippen LogP contribution in [0.1, 0.15) is 18.4 Å². The van der Waals surface area contributed by atoms with Gasteiger partial charge in [0.2, 0.25) is 15.9 Å². The molecule has 1 atom stereocenters. The minimum absolute atomic E-state index is 0.0844. The molecule has 0 radical (unpaired) electrons. The van der Waals surface area contributed by atoms with Crippen LogP contribution in [0.5, 0.6) is 0 Å². The highest BCUT2D eigenvalue weighted by Gasteiger charge is 2.41. The predicted molar refractivity (Wildman–Crippen MR) is 111 cm³/mol. The molecule has 1 amide bonds. The molecule has 7 nitrogen and oxygen atoms in total. The number of aromatic nitrogens is 1. The topological polar surface area (TPSA) is 73.8 Å². The molecule has 154 valence electrons. The Morgan fingerprint density at radius 2 is 1.72 bits per heavy atom. The Morgan fingerprint density at radius 1 is 1.00 bits per heavy atom. The number of hydrogen-bond acceptors (Lipinski definition) is 5. The van der Waals surface area contributed by atoms with Crippen LogP contribution in [-0.4, -0.2) is 67.3 Å². The molecular formula is C21H26N4O3S. The molecule has 0 aliphatic carbocycles. The van der Waals surface area contributed by atoms with Crippen LogP contribution in [0.2, 0.25) is 0 Å². The fourth-order valence-electron chi connectivity index (χ4n) is 4.03. The van der Waals surface area contributed by atoms with Gasteiger partial charge in [0.15, 0.2) is 0 Å². The minimum atomic E-state index is -3.68. The van der Waals surface area contributed by atoms with E-state index in [-0.39, 0.29) is 10.8 Å². The van der Waals surface area contributed by atoms with E-state index in [2.05, 4.69) is 9.88 Å². The van der Waals surface area contributed by atoms with Crippen molar-refractivity contribution in [2.75, 3.05) is 37.6 Å². The summed E-state index contributed by atoms with van der Waals surface area (Å²) in [4.78, 5) is 21.7. The number of benzene rings is 1. The summed E-state index contributed by atoms with van der Waals surface area (Å²) < 4.78 is 27.6. The highest BCUT2D eigenvalue weighted by molar-refractivity contribution is 7.89. The van der Waals surface area contributed by atoms with E-state index in [0.717, 1.165) is 11.4 Å². The average molecular weight is 415 g/mol. The van der Waals surface area contributed by atoms with Crippen molar-refractivity contribution in [3.8, 4) is 0 Å². The van der Waals surface area contributed by atoms with Gasteiger partial charge in [-0.25, -0.2) is 13.4 Å². The van der Waals surface area contributed by atoms with Crippen molar-refractivity contribution in [2.45, 2.75) is 30.7 Å². The van der Waals surface area contributed by atoms with E-state index in [1.807, 2.05) is 25.1 Å². The Balaban J connectivity index is 1.45. The molecule has 2 fully saturated rings. The second-order valence-corrected chi connectivity index (χ2v) is 9.48. The van der Waals surface area contributed by atoms with Gasteiger partial charge >= 0.3 is 0 Å². The normalized spacial score (nSPS) is 20.8. The monoisotopic (exact) mass is 414 g/mol. The van der Waals surface area contributed by atoms with Crippen LogP contribution in [0.25, 0.3) is 0 Å². The van der Waals surface area contributed by atoms with E-state index in [1.165, 1.54) is 4.31 Å². The fourth-order valence-corrected chi connectivity index (χ4v) is 5.68. The number of anilines is 1. The zero-order valence-electron chi connectivity index (χ0n) is 16.6. The number of carbonyl (C=O) groups is 1. The zero-order valence-corrected chi connectivity index (χ0v) is 17.4. The fraction of sp³-hybridized carbons (Fsp3) is 0.429. The molecule has 2 aromatic rings. The van der Waals surface area contributed by atoms with Gasteiger partial charge in [-0.3, -0.25) is 4.79 Å². The lowest BCUT2D eigenvalue weighted by molar-refractivity contribution is -0.134. The third-order valence-electron chi connectivity index (χ3n) is 5.68. The summed E-state index contributed by atoms with van der Waals surface area (Å²) in [6.07, 6.45) is 3.04. The highest BCUT2D eigenvalue weighted by Crippen LogP contribution is 2.28. The third kappa shape index (κ3) is 4.00. The third-order valence-corrected chi connectivity index (χ3v) is 7.60. The van der Waals surface area contributed by atoms with Crippen LogP contribution < -0.4 is 4.90 Å². The smallest absolute Gasteiger partial charge is 0.243 e. The van der Waals surface area contributed by atoms with Crippen LogP contribution in [0.15, 0.2) is 53.6 Å². The number of nitrogens with zero attached hydrogens (tertiary/aromatic N) is 4. The van der Waals surface area contributed by atoms with Gasteiger partial charge in [0, 0.05) is 38.9 Å². The molecule has 2 saturated heterocycles. The Kier molecular flexibility index (Phi) is 5.56. The van der Waals surface area contributed by atoms with E-state index in [4.69, 9.17) is 0 Å². The molecule has 1 aromatic carbocycles. The SMILES string of the molecule is Cc1ccc(S(=O)(=O)N2CCC[C@H]2C(=O)N2CCN(c3ccccn3)CC2)cc1. The van der Waals surface area contributed by atoms with Gasteiger partial charge in [-0.05, 0) is 44.0 Å². The van der Waals surface area contributed by atoms with Gasteiger partial charge in [0.1, 0.15) is 11.9 Å². The Morgan fingerprint density at radius 3 is 2.38 bits per heavy atom. The maximum absolute atomic E-state index is 13.2. The van der Waals surface area contributed by atoms with Crippen molar-refractivity contribution < 1.29 is 13.2 Å². The molecule has 2 aliphatic heterocycles. The van der Waals surface area contributed by atoms with Crippen LogP contribution in [0.3, 0.4) is 0 Å².